The molecule has 0 fully saturated rings. The molecule has 0 aromatic heterocycles. The zero-order valence-electron chi connectivity index (χ0n) is 7.97. The zero-order chi connectivity index (χ0) is 10.7. The molecule has 0 bridgehead atoms. The molecule has 1 aromatic rings. The average Bonchev–Trinajstić information content (AvgIpc) is 2.11. The Kier molecular flexibility index (Phi) is 4.37. The number of anilines is 1. The SMILES string of the molecule is CC(C)C(=O)Nc1ccc(I)c(Br)c1. The Bertz CT molecular complexity index is 352. The molecule has 0 atom stereocenters. The van der Waals surface area contributed by atoms with Gasteiger partial charge in [-0.2, -0.15) is 0 Å². The van der Waals surface area contributed by atoms with E-state index in [0.29, 0.717) is 0 Å². The summed E-state index contributed by atoms with van der Waals surface area (Å²) in [6.07, 6.45) is 0. The fourth-order valence-corrected chi connectivity index (χ4v) is 1.57. The average molecular weight is 368 g/mol. The first-order chi connectivity index (χ1) is 6.50. The van der Waals surface area contributed by atoms with Gasteiger partial charge in [0.25, 0.3) is 0 Å². The van der Waals surface area contributed by atoms with Gasteiger partial charge in [0.2, 0.25) is 5.91 Å². The van der Waals surface area contributed by atoms with Gasteiger partial charge in [-0.15, -0.1) is 0 Å². The number of hydrogen-bond acceptors (Lipinski definition) is 1. The number of hydrogen-bond donors (Lipinski definition) is 1. The van der Waals surface area contributed by atoms with Gasteiger partial charge in [-0.05, 0) is 56.7 Å². The summed E-state index contributed by atoms with van der Waals surface area (Å²) < 4.78 is 2.13. The van der Waals surface area contributed by atoms with Crippen molar-refractivity contribution in [1.82, 2.24) is 0 Å². The van der Waals surface area contributed by atoms with E-state index in [-0.39, 0.29) is 11.8 Å². The summed E-state index contributed by atoms with van der Waals surface area (Å²) >= 11 is 5.64. The summed E-state index contributed by atoms with van der Waals surface area (Å²) in [4.78, 5) is 11.4. The van der Waals surface area contributed by atoms with Crippen molar-refractivity contribution < 1.29 is 4.79 Å². The number of rotatable bonds is 2. The molecular weight excluding hydrogens is 357 g/mol. The van der Waals surface area contributed by atoms with Gasteiger partial charge < -0.3 is 5.32 Å². The minimum atomic E-state index is 0.00746. The molecule has 0 unspecified atom stereocenters. The Balaban J connectivity index is 2.78. The topological polar surface area (TPSA) is 29.1 Å². The Morgan fingerprint density at radius 2 is 2.14 bits per heavy atom. The fraction of sp³-hybridized carbons (Fsp3) is 0.300. The molecule has 0 radical (unpaired) electrons. The van der Waals surface area contributed by atoms with Crippen molar-refractivity contribution >= 4 is 50.1 Å². The number of benzene rings is 1. The van der Waals surface area contributed by atoms with Gasteiger partial charge in [0.05, 0.1) is 0 Å². The van der Waals surface area contributed by atoms with Gasteiger partial charge in [0.1, 0.15) is 0 Å². The molecule has 0 spiro atoms. The largest absolute Gasteiger partial charge is 0.326 e. The molecule has 1 aromatic carbocycles. The van der Waals surface area contributed by atoms with Crippen molar-refractivity contribution in [2.75, 3.05) is 5.32 Å². The van der Waals surface area contributed by atoms with Gasteiger partial charge in [0.15, 0.2) is 0 Å². The smallest absolute Gasteiger partial charge is 0.226 e. The number of nitrogens with one attached hydrogen (secondary N) is 1. The van der Waals surface area contributed by atoms with Crippen LogP contribution in [-0.4, -0.2) is 5.91 Å². The van der Waals surface area contributed by atoms with E-state index in [2.05, 4.69) is 43.8 Å². The van der Waals surface area contributed by atoms with Crippen molar-refractivity contribution in [2.45, 2.75) is 13.8 Å². The summed E-state index contributed by atoms with van der Waals surface area (Å²) in [5.74, 6) is 0.0474. The summed E-state index contributed by atoms with van der Waals surface area (Å²) in [7, 11) is 0. The van der Waals surface area contributed by atoms with Crippen molar-refractivity contribution in [1.29, 1.82) is 0 Å². The summed E-state index contributed by atoms with van der Waals surface area (Å²) in [6, 6.07) is 5.76. The molecule has 0 aliphatic carbocycles. The third kappa shape index (κ3) is 3.24. The summed E-state index contributed by atoms with van der Waals surface area (Å²) in [5.41, 5.74) is 0.830. The molecule has 4 heteroatoms. The van der Waals surface area contributed by atoms with Crippen LogP contribution in [0.4, 0.5) is 5.69 Å². The quantitative estimate of drug-likeness (QED) is 0.794. The van der Waals surface area contributed by atoms with E-state index in [9.17, 15) is 4.79 Å². The lowest BCUT2D eigenvalue weighted by Crippen LogP contribution is -2.17. The van der Waals surface area contributed by atoms with E-state index < -0.39 is 0 Å². The van der Waals surface area contributed by atoms with Gasteiger partial charge in [-0.3, -0.25) is 4.79 Å². The monoisotopic (exact) mass is 367 g/mol. The van der Waals surface area contributed by atoms with Crippen LogP contribution < -0.4 is 5.32 Å². The van der Waals surface area contributed by atoms with Crippen LogP contribution in [0.25, 0.3) is 0 Å². The molecule has 1 N–H and O–H groups in total. The number of halogens is 2. The van der Waals surface area contributed by atoms with Gasteiger partial charge in [-0.1, -0.05) is 13.8 Å². The fourth-order valence-electron chi connectivity index (χ4n) is 0.860. The highest BCUT2D eigenvalue weighted by Gasteiger charge is 2.07. The van der Waals surface area contributed by atoms with E-state index >= 15 is 0 Å². The van der Waals surface area contributed by atoms with Crippen molar-refractivity contribution in [3.8, 4) is 0 Å². The minimum absolute atomic E-state index is 0.00746. The van der Waals surface area contributed by atoms with Crippen LogP contribution in [0, 0.1) is 9.49 Å². The maximum Gasteiger partial charge on any atom is 0.226 e. The lowest BCUT2D eigenvalue weighted by Gasteiger charge is -2.08. The Morgan fingerprint density at radius 1 is 1.50 bits per heavy atom. The van der Waals surface area contributed by atoms with E-state index in [1.54, 1.807) is 0 Å². The molecule has 2 nitrogen and oxygen atoms in total. The predicted molar refractivity (Wildman–Crippen MR) is 70.3 cm³/mol. The Labute approximate surface area is 106 Å². The number of carbonyl (C=O) groups excluding carboxylic acids is 1. The molecule has 0 saturated carbocycles. The van der Waals surface area contributed by atoms with Gasteiger partial charge in [-0.25, -0.2) is 0 Å². The zero-order valence-corrected chi connectivity index (χ0v) is 11.7. The van der Waals surface area contributed by atoms with E-state index in [1.807, 2.05) is 32.0 Å². The molecular formula is C10H11BrINO. The molecule has 14 heavy (non-hydrogen) atoms. The third-order valence-electron chi connectivity index (χ3n) is 1.71. The Morgan fingerprint density at radius 3 is 2.64 bits per heavy atom. The molecule has 0 saturated heterocycles. The molecule has 0 aliphatic heterocycles. The molecule has 0 aliphatic rings. The van der Waals surface area contributed by atoms with Crippen molar-refractivity contribution in [3.05, 3.63) is 26.2 Å². The maximum absolute atomic E-state index is 11.4. The van der Waals surface area contributed by atoms with E-state index in [0.717, 1.165) is 13.7 Å². The predicted octanol–water partition coefficient (Wildman–Crippen LogP) is 3.65. The van der Waals surface area contributed by atoms with Crippen LogP contribution in [0.1, 0.15) is 13.8 Å². The van der Waals surface area contributed by atoms with Gasteiger partial charge in [0, 0.05) is 19.6 Å². The van der Waals surface area contributed by atoms with Crippen LogP contribution in [0.3, 0.4) is 0 Å². The Hall–Kier alpha value is -0.100. The van der Waals surface area contributed by atoms with E-state index in [4.69, 9.17) is 0 Å². The number of carbonyl (C=O) groups is 1. The van der Waals surface area contributed by atoms with Crippen LogP contribution in [0.2, 0.25) is 0 Å². The standard InChI is InChI=1S/C10H11BrINO/c1-6(2)10(14)13-7-3-4-9(12)8(11)5-7/h3-6H,1-2H3,(H,13,14). The minimum Gasteiger partial charge on any atom is -0.326 e. The molecule has 1 rings (SSSR count). The van der Waals surface area contributed by atoms with Gasteiger partial charge >= 0.3 is 0 Å². The first-order valence-corrected chi connectivity index (χ1v) is 6.14. The lowest BCUT2D eigenvalue weighted by molar-refractivity contribution is -0.118. The van der Waals surface area contributed by atoms with Crippen LogP contribution in [0.5, 0.6) is 0 Å². The maximum atomic E-state index is 11.4. The highest BCUT2D eigenvalue weighted by atomic mass is 127. The first-order valence-electron chi connectivity index (χ1n) is 4.26. The summed E-state index contributed by atoms with van der Waals surface area (Å²) in [5, 5.41) is 2.84. The second-order valence-electron chi connectivity index (χ2n) is 3.27. The highest BCUT2D eigenvalue weighted by Crippen LogP contribution is 2.23. The molecule has 0 heterocycles. The van der Waals surface area contributed by atoms with Crippen LogP contribution >= 0.6 is 38.5 Å². The second-order valence-corrected chi connectivity index (χ2v) is 5.29. The first kappa shape index (κ1) is 12.0. The highest BCUT2D eigenvalue weighted by molar-refractivity contribution is 14.1. The van der Waals surface area contributed by atoms with Crippen LogP contribution in [0.15, 0.2) is 22.7 Å². The van der Waals surface area contributed by atoms with Crippen molar-refractivity contribution in [2.24, 2.45) is 5.92 Å². The normalized spacial score (nSPS) is 10.4. The third-order valence-corrected chi connectivity index (χ3v) is 4.05. The lowest BCUT2D eigenvalue weighted by atomic mass is 10.2. The van der Waals surface area contributed by atoms with E-state index in [1.165, 1.54) is 0 Å². The van der Waals surface area contributed by atoms with Crippen molar-refractivity contribution in [3.63, 3.8) is 0 Å². The summed E-state index contributed by atoms with van der Waals surface area (Å²) in [6.45, 7) is 3.74. The molecule has 76 valence electrons. The number of amides is 1. The second kappa shape index (κ2) is 5.11. The molecule has 1 amide bonds. The van der Waals surface area contributed by atoms with Crippen LogP contribution in [-0.2, 0) is 4.79 Å².